The molecule has 32 heavy (non-hydrogen) atoms. The van der Waals surface area contributed by atoms with Crippen molar-refractivity contribution in [2.75, 3.05) is 5.33 Å². The molecule has 0 spiro atoms. The summed E-state index contributed by atoms with van der Waals surface area (Å²) in [6, 6.07) is 0. The molecule has 0 aliphatic rings. The van der Waals surface area contributed by atoms with Crippen LogP contribution in [0.5, 0.6) is 0 Å². The van der Waals surface area contributed by atoms with Gasteiger partial charge in [0.2, 0.25) is 0 Å². The third-order valence-corrected chi connectivity index (χ3v) is 7.33. The van der Waals surface area contributed by atoms with Gasteiger partial charge in [0.1, 0.15) is 6.10 Å². The third kappa shape index (κ3) is 19.4. The Kier molecular flexibility index (Phi) is 22.7. The highest BCUT2D eigenvalue weighted by atomic mass is 79.9. The SMILES string of the molecule is CCCCCCCCCC(CCCCCCCCC)OC(=O)C(C)(C)CCCCCCBr. The summed E-state index contributed by atoms with van der Waals surface area (Å²) in [7, 11) is 0. The summed E-state index contributed by atoms with van der Waals surface area (Å²) in [5.41, 5.74) is -0.354. The van der Waals surface area contributed by atoms with E-state index in [9.17, 15) is 4.79 Å². The van der Waals surface area contributed by atoms with Crippen LogP contribution < -0.4 is 0 Å². The molecule has 3 heteroatoms. The van der Waals surface area contributed by atoms with Crippen LogP contribution >= 0.6 is 15.9 Å². The Morgan fingerprint density at radius 3 is 1.53 bits per heavy atom. The quantitative estimate of drug-likeness (QED) is 0.0723. The van der Waals surface area contributed by atoms with Crippen LogP contribution in [0.3, 0.4) is 0 Å². The van der Waals surface area contributed by atoms with E-state index in [4.69, 9.17) is 4.74 Å². The molecule has 0 heterocycles. The Bertz CT molecular complexity index is 390. The zero-order valence-electron chi connectivity index (χ0n) is 22.3. The maximum Gasteiger partial charge on any atom is 0.311 e. The zero-order valence-corrected chi connectivity index (χ0v) is 23.9. The number of ether oxygens (including phenoxy) is 1. The van der Waals surface area contributed by atoms with Crippen molar-refractivity contribution in [3.05, 3.63) is 0 Å². The van der Waals surface area contributed by atoms with Crippen LogP contribution in [-0.4, -0.2) is 17.4 Å². The second-order valence-corrected chi connectivity index (χ2v) is 11.4. The van der Waals surface area contributed by atoms with Gasteiger partial charge in [-0.25, -0.2) is 0 Å². The molecule has 0 aromatic heterocycles. The second kappa shape index (κ2) is 22.7. The minimum Gasteiger partial charge on any atom is -0.462 e. The van der Waals surface area contributed by atoms with Crippen molar-refractivity contribution in [2.45, 2.75) is 169 Å². The van der Waals surface area contributed by atoms with E-state index in [0.717, 1.165) is 31.0 Å². The fourth-order valence-corrected chi connectivity index (χ4v) is 4.74. The van der Waals surface area contributed by atoms with E-state index in [1.54, 1.807) is 0 Å². The zero-order chi connectivity index (χ0) is 23.9. The van der Waals surface area contributed by atoms with Crippen molar-refractivity contribution in [1.29, 1.82) is 0 Å². The molecule has 0 unspecified atom stereocenters. The molecule has 0 amide bonds. The molecule has 0 aliphatic heterocycles. The number of alkyl halides is 1. The van der Waals surface area contributed by atoms with Gasteiger partial charge < -0.3 is 4.74 Å². The van der Waals surface area contributed by atoms with Crippen LogP contribution in [0.2, 0.25) is 0 Å². The molecule has 0 aromatic carbocycles. The molecular formula is C29H57BrO2. The van der Waals surface area contributed by atoms with Crippen LogP contribution in [-0.2, 0) is 9.53 Å². The molecule has 0 N–H and O–H groups in total. The molecule has 0 radical (unpaired) electrons. The van der Waals surface area contributed by atoms with E-state index in [-0.39, 0.29) is 17.5 Å². The van der Waals surface area contributed by atoms with E-state index in [1.807, 2.05) is 0 Å². The smallest absolute Gasteiger partial charge is 0.311 e. The molecule has 2 nitrogen and oxygen atoms in total. The van der Waals surface area contributed by atoms with Crippen LogP contribution in [0.4, 0.5) is 0 Å². The monoisotopic (exact) mass is 516 g/mol. The van der Waals surface area contributed by atoms with Gasteiger partial charge in [0.05, 0.1) is 5.41 Å². The second-order valence-electron chi connectivity index (χ2n) is 10.6. The van der Waals surface area contributed by atoms with Crippen molar-refractivity contribution < 1.29 is 9.53 Å². The molecule has 192 valence electrons. The third-order valence-electron chi connectivity index (χ3n) is 6.77. The predicted octanol–water partition coefficient (Wildman–Crippen LogP) is 10.6. The number of hydrogen-bond acceptors (Lipinski definition) is 2. The van der Waals surface area contributed by atoms with Crippen LogP contribution in [0.15, 0.2) is 0 Å². The van der Waals surface area contributed by atoms with E-state index in [2.05, 4.69) is 43.6 Å². The summed E-state index contributed by atoms with van der Waals surface area (Å²) < 4.78 is 6.14. The largest absolute Gasteiger partial charge is 0.462 e. The molecular weight excluding hydrogens is 460 g/mol. The van der Waals surface area contributed by atoms with E-state index >= 15 is 0 Å². The standard InChI is InChI=1S/C29H57BrO2/c1-5-7-9-11-13-15-19-23-27(24-20-16-14-12-10-8-6-2)32-28(31)29(3,4)25-21-17-18-22-26-30/h27H,5-26H2,1-4H3. The molecule has 0 atom stereocenters. The van der Waals surface area contributed by atoms with Gasteiger partial charge >= 0.3 is 5.97 Å². The average Bonchev–Trinajstić information content (AvgIpc) is 2.77. The topological polar surface area (TPSA) is 26.3 Å². The molecule has 0 aliphatic carbocycles. The first-order valence-electron chi connectivity index (χ1n) is 14.2. The van der Waals surface area contributed by atoms with E-state index in [1.165, 1.54) is 109 Å². The van der Waals surface area contributed by atoms with Crippen molar-refractivity contribution in [1.82, 2.24) is 0 Å². The van der Waals surface area contributed by atoms with Gasteiger partial charge in [-0.15, -0.1) is 0 Å². The Balaban J connectivity index is 4.38. The van der Waals surface area contributed by atoms with Gasteiger partial charge in [-0.3, -0.25) is 4.79 Å². The highest BCUT2D eigenvalue weighted by molar-refractivity contribution is 9.09. The first-order chi connectivity index (χ1) is 15.5. The summed E-state index contributed by atoms with van der Waals surface area (Å²) in [6.07, 6.45) is 26.4. The number of halogens is 1. The van der Waals surface area contributed by atoms with Crippen LogP contribution in [0, 0.1) is 5.41 Å². The molecule has 0 saturated heterocycles. The summed E-state index contributed by atoms with van der Waals surface area (Å²) in [4.78, 5) is 13.0. The predicted molar refractivity (Wildman–Crippen MR) is 146 cm³/mol. The fourth-order valence-electron chi connectivity index (χ4n) is 4.35. The van der Waals surface area contributed by atoms with Gasteiger partial charge in [0.25, 0.3) is 0 Å². The summed E-state index contributed by atoms with van der Waals surface area (Å²) in [6.45, 7) is 8.71. The van der Waals surface area contributed by atoms with Crippen molar-refractivity contribution in [2.24, 2.45) is 5.41 Å². The normalized spacial score (nSPS) is 11.9. The first kappa shape index (κ1) is 31.9. The number of unbranched alkanes of at least 4 members (excludes halogenated alkanes) is 15. The summed E-state index contributed by atoms with van der Waals surface area (Å²) in [5, 5.41) is 1.08. The molecule has 0 bridgehead atoms. The molecule has 0 fully saturated rings. The Labute approximate surface area is 210 Å². The van der Waals surface area contributed by atoms with Gasteiger partial charge in [0.15, 0.2) is 0 Å². The van der Waals surface area contributed by atoms with Crippen molar-refractivity contribution in [3.8, 4) is 0 Å². The minimum atomic E-state index is -0.354. The average molecular weight is 518 g/mol. The Morgan fingerprint density at radius 1 is 0.656 bits per heavy atom. The Hall–Kier alpha value is -0.0500. The minimum absolute atomic E-state index is 0.0360. The van der Waals surface area contributed by atoms with Gasteiger partial charge in [0, 0.05) is 5.33 Å². The molecule has 0 aromatic rings. The summed E-state index contributed by atoms with van der Waals surface area (Å²) in [5.74, 6) is 0.0360. The van der Waals surface area contributed by atoms with Gasteiger partial charge in [-0.1, -0.05) is 126 Å². The highest BCUT2D eigenvalue weighted by Gasteiger charge is 2.30. The maximum atomic E-state index is 13.0. The van der Waals surface area contributed by atoms with E-state index < -0.39 is 0 Å². The fraction of sp³-hybridized carbons (Fsp3) is 0.966. The van der Waals surface area contributed by atoms with Crippen LogP contribution in [0.1, 0.15) is 163 Å². The first-order valence-corrected chi connectivity index (χ1v) is 15.4. The number of rotatable bonds is 24. The highest BCUT2D eigenvalue weighted by Crippen LogP contribution is 2.28. The number of carbonyl (C=O) groups is 1. The summed E-state index contributed by atoms with van der Waals surface area (Å²) >= 11 is 3.50. The van der Waals surface area contributed by atoms with Crippen molar-refractivity contribution >= 4 is 21.9 Å². The van der Waals surface area contributed by atoms with Gasteiger partial charge in [-0.2, -0.15) is 0 Å². The Morgan fingerprint density at radius 2 is 1.06 bits per heavy atom. The number of esters is 1. The molecule has 0 rings (SSSR count). The lowest BCUT2D eigenvalue weighted by molar-refractivity contribution is -0.161. The lowest BCUT2D eigenvalue weighted by Gasteiger charge is -2.27. The lowest BCUT2D eigenvalue weighted by atomic mass is 9.86. The lowest BCUT2D eigenvalue weighted by Crippen LogP contribution is -2.31. The van der Waals surface area contributed by atoms with Gasteiger partial charge in [-0.05, 0) is 52.4 Å². The maximum absolute atomic E-state index is 13.0. The van der Waals surface area contributed by atoms with E-state index in [0.29, 0.717) is 0 Å². The van der Waals surface area contributed by atoms with Crippen molar-refractivity contribution in [3.63, 3.8) is 0 Å². The number of hydrogen-bond donors (Lipinski definition) is 0. The number of carbonyl (C=O) groups excluding carboxylic acids is 1. The van der Waals surface area contributed by atoms with Crippen LogP contribution in [0.25, 0.3) is 0 Å². The molecule has 0 saturated carbocycles.